The van der Waals surface area contributed by atoms with Gasteiger partial charge in [-0.05, 0) is 24.1 Å². The monoisotopic (exact) mass is 362 g/mol. The van der Waals surface area contributed by atoms with E-state index in [0.717, 1.165) is 5.56 Å². The van der Waals surface area contributed by atoms with Crippen LogP contribution in [0.25, 0.3) is 0 Å². The second kappa shape index (κ2) is 8.33. The minimum Gasteiger partial charge on any atom is -0.507 e. The number of ether oxygens (including phenoxy) is 4. The fourth-order valence-electron chi connectivity index (χ4n) is 2.69. The van der Waals surface area contributed by atoms with Gasteiger partial charge < -0.3 is 29.2 Å². The largest absolute Gasteiger partial charge is 0.507 e. The first-order chi connectivity index (χ1) is 12.5. The molecule has 0 atom stereocenters. The van der Waals surface area contributed by atoms with E-state index in [1.165, 1.54) is 40.6 Å². The molecule has 2 aromatic rings. The van der Waals surface area contributed by atoms with Crippen molar-refractivity contribution in [3.63, 3.8) is 0 Å². The Kier molecular flexibility index (Phi) is 6.16. The molecule has 2 N–H and O–H groups in total. The second-order valence-electron chi connectivity index (χ2n) is 5.47. The number of Topliss-reactive ketones (excluding diaryl/α,β-unsaturated/α-hetero) is 1. The van der Waals surface area contributed by atoms with Gasteiger partial charge in [0.15, 0.2) is 28.8 Å². The van der Waals surface area contributed by atoms with Gasteiger partial charge in [-0.1, -0.05) is 6.07 Å². The van der Waals surface area contributed by atoms with Crippen molar-refractivity contribution >= 4 is 5.78 Å². The van der Waals surface area contributed by atoms with Crippen molar-refractivity contribution in [2.45, 2.75) is 12.8 Å². The third kappa shape index (κ3) is 3.77. The first-order valence-corrected chi connectivity index (χ1v) is 7.87. The van der Waals surface area contributed by atoms with E-state index in [-0.39, 0.29) is 46.5 Å². The Morgan fingerprint density at radius 1 is 0.846 bits per heavy atom. The average Bonchev–Trinajstić information content (AvgIpc) is 2.64. The molecule has 0 fully saturated rings. The summed E-state index contributed by atoms with van der Waals surface area (Å²) in [6.07, 6.45) is 0.471. The molecule has 2 rings (SSSR count). The predicted molar refractivity (Wildman–Crippen MR) is 95.1 cm³/mol. The second-order valence-corrected chi connectivity index (χ2v) is 5.47. The first-order valence-electron chi connectivity index (χ1n) is 7.87. The molecule has 0 spiro atoms. The zero-order valence-electron chi connectivity index (χ0n) is 15.2. The van der Waals surface area contributed by atoms with E-state index in [0.29, 0.717) is 12.2 Å². The molecule has 0 saturated heterocycles. The summed E-state index contributed by atoms with van der Waals surface area (Å²) in [7, 11) is 5.69. The number of hydrogen-bond donors (Lipinski definition) is 2. The van der Waals surface area contributed by atoms with Crippen LogP contribution in [0.15, 0.2) is 24.3 Å². The molecule has 7 heteroatoms. The van der Waals surface area contributed by atoms with Gasteiger partial charge in [-0.25, -0.2) is 0 Å². The van der Waals surface area contributed by atoms with E-state index >= 15 is 0 Å². The van der Waals surface area contributed by atoms with E-state index in [1.54, 1.807) is 12.1 Å². The standard InChI is InChI=1S/C19H22O7/c1-23-15-8-6-11(9-13(15)21)5-7-12(20)17-14(22)10-16(24-2)18(25-3)19(17)26-4/h6,8-10,21-22H,5,7H2,1-4H3. The van der Waals surface area contributed by atoms with Gasteiger partial charge >= 0.3 is 0 Å². The molecule has 0 saturated carbocycles. The van der Waals surface area contributed by atoms with Gasteiger partial charge in [0.2, 0.25) is 5.75 Å². The summed E-state index contributed by atoms with van der Waals surface area (Å²) >= 11 is 0. The number of phenolic OH excluding ortho intramolecular Hbond substituents is 2. The molecule has 2 aromatic carbocycles. The number of carbonyl (C=O) groups excluding carboxylic acids is 1. The number of aryl methyl sites for hydroxylation is 1. The van der Waals surface area contributed by atoms with Gasteiger partial charge in [0.1, 0.15) is 11.3 Å². The fourth-order valence-corrected chi connectivity index (χ4v) is 2.69. The van der Waals surface area contributed by atoms with Gasteiger partial charge in [0, 0.05) is 12.5 Å². The smallest absolute Gasteiger partial charge is 0.204 e. The van der Waals surface area contributed by atoms with Crippen molar-refractivity contribution in [3.05, 3.63) is 35.4 Å². The molecule has 140 valence electrons. The summed E-state index contributed by atoms with van der Waals surface area (Å²) in [6.45, 7) is 0. The fraction of sp³-hybridized carbons (Fsp3) is 0.316. The van der Waals surface area contributed by atoms with E-state index < -0.39 is 0 Å². The van der Waals surface area contributed by atoms with Crippen LogP contribution in [-0.4, -0.2) is 44.4 Å². The van der Waals surface area contributed by atoms with Crippen molar-refractivity contribution in [2.75, 3.05) is 28.4 Å². The highest BCUT2D eigenvalue weighted by molar-refractivity contribution is 6.02. The Hall–Kier alpha value is -3.09. The average molecular weight is 362 g/mol. The maximum atomic E-state index is 12.7. The molecule has 0 unspecified atom stereocenters. The Balaban J connectivity index is 2.28. The number of carbonyl (C=O) groups is 1. The van der Waals surface area contributed by atoms with Gasteiger partial charge in [-0.2, -0.15) is 0 Å². The molecule has 0 bridgehead atoms. The maximum Gasteiger partial charge on any atom is 0.204 e. The van der Waals surface area contributed by atoms with Crippen LogP contribution in [0.4, 0.5) is 0 Å². The van der Waals surface area contributed by atoms with E-state index in [1.807, 2.05) is 0 Å². The lowest BCUT2D eigenvalue weighted by Crippen LogP contribution is -2.07. The lowest BCUT2D eigenvalue weighted by Gasteiger charge is -2.16. The van der Waals surface area contributed by atoms with E-state index in [4.69, 9.17) is 18.9 Å². The van der Waals surface area contributed by atoms with Gasteiger partial charge in [-0.15, -0.1) is 0 Å². The van der Waals surface area contributed by atoms with E-state index in [2.05, 4.69) is 0 Å². The zero-order chi connectivity index (χ0) is 19.3. The Morgan fingerprint density at radius 3 is 2.04 bits per heavy atom. The van der Waals surface area contributed by atoms with Crippen LogP contribution in [0, 0.1) is 0 Å². The topological polar surface area (TPSA) is 94.5 Å². The van der Waals surface area contributed by atoms with Crippen LogP contribution in [0.3, 0.4) is 0 Å². The third-order valence-corrected chi connectivity index (χ3v) is 3.97. The van der Waals surface area contributed by atoms with E-state index in [9.17, 15) is 15.0 Å². The molecule has 0 aliphatic heterocycles. The molecule has 7 nitrogen and oxygen atoms in total. The highest BCUT2D eigenvalue weighted by Crippen LogP contribution is 2.45. The lowest BCUT2D eigenvalue weighted by atomic mass is 10.00. The Morgan fingerprint density at radius 2 is 1.50 bits per heavy atom. The Bertz CT molecular complexity index is 799. The number of phenols is 2. The van der Waals surface area contributed by atoms with Crippen molar-refractivity contribution in [2.24, 2.45) is 0 Å². The Labute approximate surface area is 151 Å². The molecule has 0 heterocycles. The van der Waals surface area contributed by atoms with Crippen LogP contribution in [0.1, 0.15) is 22.3 Å². The molecule has 26 heavy (non-hydrogen) atoms. The van der Waals surface area contributed by atoms with Crippen molar-refractivity contribution < 1.29 is 34.0 Å². The number of ketones is 1. The number of methoxy groups -OCH3 is 4. The van der Waals surface area contributed by atoms with Crippen molar-refractivity contribution in [1.29, 1.82) is 0 Å². The van der Waals surface area contributed by atoms with Crippen LogP contribution < -0.4 is 18.9 Å². The van der Waals surface area contributed by atoms with Crippen LogP contribution in [0.2, 0.25) is 0 Å². The lowest BCUT2D eigenvalue weighted by molar-refractivity contribution is 0.0976. The van der Waals surface area contributed by atoms with Crippen LogP contribution in [-0.2, 0) is 6.42 Å². The summed E-state index contributed by atoms with van der Waals surface area (Å²) in [5.41, 5.74) is 0.790. The minimum absolute atomic E-state index is 0.00370. The van der Waals surface area contributed by atoms with Crippen LogP contribution >= 0.6 is 0 Å². The third-order valence-electron chi connectivity index (χ3n) is 3.97. The highest BCUT2D eigenvalue weighted by atomic mass is 16.5. The molecular formula is C19H22O7. The summed E-state index contributed by atoms with van der Waals surface area (Å²) in [5.74, 6) is 0.407. The van der Waals surface area contributed by atoms with Crippen LogP contribution in [0.5, 0.6) is 34.5 Å². The molecule has 0 aliphatic carbocycles. The minimum atomic E-state index is -0.324. The molecule has 0 radical (unpaired) electrons. The predicted octanol–water partition coefficient (Wildman–Crippen LogP) is 2.95. The number of benzene rings is 2. The zero-order valence-corrected chi connectivity index (χ0v) is 15.2. The quantitative estimate of drug-likeness (QED) is 0.697. The van der Waals surface area contributed by atoms with Gasteiger partial charge in [0.05, 0.1) is 28.4 Å². The molecular weight excluding hydrogens is 340 g/mol. The SMILES string of the molecule is COc1ccc(CCC(=O)c2c(O)cc(OC)c(OC)c2OC)cc1O. The van der Waals surface area contributed by atoms with Crippen molar-refractivity contribution in [1.82, 2.24) is 0 Å². The maximum absolute atomic E-state index is 12.7. The first kappa shape index (κ1) is 19.2. The normalized spacial score (nSPS) is 10.3. The van der Waals surface area contributed by atoms with Crippen molar-refractivity contribution in [3.8, 4) is 34.5 Å². The van der Waals surface area contributed by atoms with Gasteiger partial charge in [-0.3, -0.25) is 4.79 Å². The van der Waals surface area contributed by atoms with Gasteiger partial charge in [0.25, 0.3) is 0 Å². The number of aromatic hydroxyl groups is 2. The molecule has 0 aromatic heterocycles. The summed E-state index contributed by atoms with van der Waals surface area (Å²) in [5, 5.41) is 20.1. The summed E-state index contributed by atoms with van der Waals surface area (Å²) < 4.78 is 20.7. The highest BCUT2D eigenvalue weighted by Gasteiger charge is 2.25. The number of hydrogen-bond acceptors (Lipinski definition) is 7. The number of rotatable bonds is 8. The molecule has 0 aliphatic rings. The summed E-state index contributed by atoms with van der Waals surface area (Å²) in [4.78, 5) is 12.7. The summed E-state index contributed by atoms with van der Waals surface area (Å²) in [6, 6.07) is 6.24. The molecule has 0 amide bonds.